The summed E-state index contributed by atoms with van der Waals surface area (Å²) in [5.74, 6) is -0.411. The van der Waals surface area contributed by atoms with Crippen LogP contribution in [-0.2, 0) is 14.1 Å². The predicted octanol–water partition coefficient (Wildman–Crippen LogP) is 1.12. The normalized spacial score (nSPS) is 10.4. The first-order valence-corrected chi connectivity index (χ1v) is 7.58. The minimum Gasteiger partial charge on any atom is -0.466 e. The minimum atomic E-state index is -3.95. The Bertz CT molecular complexity index is 227. The fourth-order valence-electron chi connectivity index (χ4n) is 0.913. The van der Waals surface area contributed by atoms with Crippen LogP contribution in [0.15, 0.2) is 0 Å². The zero-order valence-electron chi connectivity index (χ0n) is 10.8. The van der Waals surface area contributed by atoms with Crippen LogP contribution >= 0.6 is 7.60 Å². The summed E-state index contributed by atoms with van der Waals surface area (Å²) in [5, 5.41) is 3.11. The van der Waals surface area contributed by atoms with E-state index >= 15 is 0 Å². The summed E-state index contributed by atoms with van der Waals surface area (Å²) in [6, 6.07) is 0. The van der Waals surface area contributed by atoms with E-state index in [2.05, 4.69) is 23.9 Å². The number of rotatable bonds is 7. The van der Waals surface area contributed by atoms with Gasteiger partial charge < -0.3 is 19.8 Å². The molecule has 0 fully saturated rings. The first-order chi connectivity index (χ1) is 7.87. The van der Waals surface area contributed by atoms with Crippen LogP contribution in [0.2, 0.25) is 0 Å². The third kappa shape index (κ3) is 21.4. The van der Waals surface area contributed by atoms with Gasteiger partial charge in [-0.05, 0) is 26.4 Å². The zero-order chi connectivity index (χ0) is 13.7. The lowest BCUT2D eigenvalue weighted by molar-refractivity contribution is -0.143. The van der Waals surface area contributed by atoms with Crippen molar-refractivity contribution in [3.63, 3.8) is 0 Å². The van der Waals surface area contributed by atoms with Gasteiger partial charge in [-0.2, -0.15) is 0 Å². The Balaban J connectivity index is 0. The number of carbonyl (C=O) groups excluding carboxylic acids is 1. The fraction of sp³-hybridized carbons (Fsp3) is 0.900. The van der Waals surface area contributed by atoms with Gasteiger partial charge in [0.2, 0.25) is 0 Å². The Morgan fingerprint density at radius 2 is 1.76 bits per heavy atom. The number of nitrogens with one attached hydrogen (secondary N) is 1. The van der Waals surface area contributed by atoms with Crippen molar-refractivity contribution in [3.05, 3.63) is 0 Å². The Morgan fingerprint density at radius 1 is 1.24 bits per heavy atom. The van der Waals surface area contributed by atoms with Crippen molar-refractivity contribution in [2.75, 3.05) is 25.9 Å². The number of hydrogen-bond acceptors (Lipinski definition) is 4. The van der Waals surface area contributed by atoms with Gasteiger partial charge in [-0.1, -0.05) is 13.8 Å². The third-order valence-electron chi connectivity index (χ3n) is 1.64. The molecule has 7 heteroatoms. The molecule has 0 aliphatic heterocycles. The van der Waals surface area contributed by atoms with Crippen LogP contribution in [0.3, 0.4) is 0 Å². The molecule has 0 saturated carbocycles. The van der Waals surface area contributed by atoms with Crippen LogP contribution in [0.25, 0.3) is 0 Å². The first kappa shape index (κ1) is 18.9. The van der Waals surface area contributed by atoms with Crippen LogP contribution in [-0.4, -0.2) is 41.6 Å². The molecule has 0 radical (unpaired) electrons. The maximum absolute atomic E-state index is 10.7. The molecule has 0 aliphatic rings. The molecule has 0 aromatic rings. The molecule has 0 aliphatic carbocycles. The number of ether oxygens (including phenoxy) is 1. The number of esters is 1. The summed E-state index contributed by atoms with van der Waals surface area (Å²) in [5.41, 5.74) is 0. The molecule has 0 aromatic heterocycles. The van der Waals surface area contributed by atoms with Crippen molar-refractivity contribution in [1.82, 2.24) is 5.32 Å². The highest BCUT2D eigenvalue weighted by Gasteiger charge is 2.13. The fourth-order valence-corrected chi connectivity index (χ4v) is 1.48. The van der Waals surface area contributed by atoms with E-state index < -0.39 is 13.6 Å². The summed E-state index contributed by atoms with van der Waals surface area (Å²) >= 11 is 0. The molecule has 3 N–H and O–H groups in total. The molecule has 0 unspecified atom stereocenters. The molecular formula is C10H24NO5P. The molecule has 0 saturated heterocycles. The molecule has 17 heavy (non-hydrogen) atoms. The highest BCUT2D eigenvalue weighted by Crippen LogP contribution is 2.35. The Kier molecular flexibility index (Phi) is 13.4. The SMILES string of the molecule is CCNCC.CCOC(=O)CCCP(=O)(O)O. The van der Waals surface area contributed by atoms with Crippen LogP contribution in [0.5, 0.6) is 0 Å². The van der Waals surface area contributed by atoms with Gasteiger partial charge in [0.15, 0.2) is 0 Å². The smallest absolute Gasteiger partial charge is 0.325 e. The topological polar surface area (TPSA) is 95.9 Å². The number of carbonyl (C=O) groups is 1. The first-order valence-electron chi connectivity index (χ1n) is 5.78. The standard InChI is InChI=1S/C6H13O5P.C4H11N/c1-2-11-6(7)4-3-5-12(8,9)10;1-3-5-4-2/h2-5H2,1H3,(H2,8,9,10);5H,3-4H2,1-2H3. The second kappa shape index (κ2) is 12.0. The van der Waals surface area contributed by atoms with Gasteiger partial charge in [-0.3, -0.25) is 9.36 Å². The van der Waals surface area contributed by atoms with E-state index in [1.807, 2.05) is 0 Å². The van der Waals surface area contributed by atoms with E-state index in [9.17, 15) is 9.36 Å². The van der Waals surface area contributed by atoms with Gasteiger partial charge in [0.25, 0.3) is 0 Å². The van der Waals surface area contributed by atoms with Gasteiger partial charge in [0, 0.05) is 6.42 Å². The van der Waals surface area contributed by atoms with Gasteiger partial charge in [0.1, 0.15) is 0 Å². The lowest BCUT2D eigenvalue weighted by Crippen LogP contribution is -2.09. The average molecular weight is 269 g/mol. The van der Waals surface area contributed by atoms with E-state index in [-0.39, 0.29) is 19.0 Å². The highest BCUT2D eigenvalue weighted by molar-refractivity contribution is 7.51. The van der Waals surface area contributed by atoms with E-state index in [0.717, 1.165) is 13.1 Å². The monoisotopic (exact) mass is 269 g/mol. The van der Waals surface area contributed by atoms with Crippen LogP contribution in [0.4, 0.5) is 0 Å². The van der Waals surface area contributed by atoms with Crippen molar-refractivity contribution in [2.45, 2.75) is 33.6 Å². The Labute approximate surface area is 103 Å². The van der Waals surface area contributed by atoms with Gasteiger partial charge in [0.05, 0.1) is 12.8 Å². The second-order valence-electron chi connectivity index (χ2n) is 3.25. The van der Waals surface area contributed by atoms with Gasteiger partial charge >= 0.3 is 13.6 Å². The summed E-state index contributed by atoms with van der Waals surface area (Å²) in [6.07, 6.45) is -0.0200. The molecular weight excluding hydrogens is 245 g/mol. The largest absolute Gasteiger partial charge is 0.466 e. The summed E-state index contributed by atoms with van der Waals surface area (Å²) < 4.78 is 14.9. The maximum Gasteiger partial charge on any atom is 0.325 e. The molecule has 0 rings (SSSR count). The molecule has 104 valence electrons. The lowest BCUT2D eigenvalue weighted by Gasteiger charge is -2.02. The summed E-state index contributed by atoms with van der Waals surface area (Å²) in [7, 11) is -3.95. The van der Waals surface area contributed by atoms with E-state index in [4.69, 9.17) is 9.79 Å². The van der Waals surface area contributed by atoms with E-state index in [1.165, 1.54) is 0 Å². The number of hydrogen-bond donors (Lipinski definition) is 3. The van der Waals surface area contributed by atoms with Crippen molar-refractivity contribution in [2.24, 2.45) is 0 Å². The van der Waals surface area contributed by atoms with Crippen LogP contribution < -0.4 is 5.32 Å². The molecule has 0 spiro atoms. The third-order valence-corrected chi connectivity index (χ3v) is 2.53. The minimum absolute atomic E-state index is 0.0684. The highest BCUT2D eigenvalue weighted by atomic mass is 31.2. The van der Waals surface area contributed by atoms with Crippen molar-refractivity contribution < 1.29 is 23.9 Å². The average Bonchev–Trinajstić information content (AvgIpc) is 2.18. The Morgan fingerprint density at radius 3 is 2.06 bits per heavy atom. The summed E-state index contributed by atoms with van der Waals surface area (Å²) in [4.78, 5) is 27.5. The molecule has 0 atom stereocenters. The molecule has 0 bridgehead atoms. The Hall–Kier alpha value is -0.420. The predicted molar refractivity (Wildman–Crippen MR) is 67.0 cm³/mol. The molecule has 0 heterocycles. The van der Waals surface area contributed by atoms with Gasteiger partial charge in [-0.15, -0.1) is 0 Å². The molecule has 6 nitrogen and oxygen atoms in total. The molecule has 0 amide bonds. The van der Waals surface area contributed by atoms with Crippen molar-refractivity contribution >= 4 is 13.6 Å². The van der Waals surface area contributed by atoms with Crippen LogP contribution in [0.1, 0.15) is 33.6 Å². The quantitative estimate of drug-likeness (QED) is 0.473. The van der Waals surface area contributed by atoms with E-state index in [1.54, 1.807) is 6.92 Å². The molecule has 0 aromatic carbocycles. The maximum atomic E-state index is 10.7. The lowest BCUT2D eigenvalue weighted by atomic mass is 10.3. The summed E-state index contributed by atoms with van der Waals surface area (Å²) in [6.45, 7) is 8.37. The zero-order valence-corrected chi connectivity index (χ0v) is 11.7. The van der Waals surface area contributed by atoms with Gasteiger partial charge in [-0.25, -0.2) is 0 Å². The van der Waals surface area contributed by atoms with Crippen molar-refractivity contribution in [3.8, 4) is 0 Å². The van der Waals surface area contributed by atoms with Crippen molar-refractivity contribution in [1.29, 1.82) is 0 Å². The van der Waals surface area contributed by atoms with E-state index in [0.29, 0.717) is 6.61 Å². The second-order valence-corrected chi connectivity index (χ2v) is 5.03. The van der Waals surface area contributed by atoms with Crippen LogP contribution in [0, 0.1) is 0 Å².